The number of nitrogens with zero attached hydrogens (tertiary/aromatic N) is 3. The Hall–Kier alpha value is -3.15. The number of benzene rings is 2. The maximum atomic E-state index is 5.48. The standard InChI is InChI=1S/C24H30N4O2/c1-25-24(26-16-18-6-8-21(9-7-18)27-11-4-5-12-27)28-13-10-19-14-22(29-2)23(30-3)15-20(19)17-28/h4-9,14-15H,10-13,16-17H2,1-3H3,(H,25,26). The second kappa shape index (κ2) is 9.11. The fourth-order valence-corrected chi connectivity index (χ4v) is 4.09. The van der Waals surface area contributed by atoms with Gasteiger partial charge in [-0.25, -0.2) is 0 Å². The van der Waals surface area contributed by atoms with Crippen LogP contribution in [-0.4, -0.2) is 51.8 Å². The predicted molar refractivity (Wildman–Crippen MR) is 122 cm³/mol. The first-order valence-corrected chi connectivity index (χ1v) is 10.4. The van der Waals surface area contributed by atoms with Crippen LogP contribution in [0.1, 0.15) is 16.7 Å². The summed E-state index contributed by atoms with van der Waals surface area (Å²) in [4.78, 5) is 9.16. The van der Waals surface area contributed by atoms with Crippen LogP contribution in [0.2, 0.25) is 0 Å². The van der Waals surface area contributed by atoms with Crippen LogP contribution in [0.4, 0.5) is 5.69 Å². The molecule has 158 valence electrons. The molecule has 0 bridgehead atoms. The van der Waals surface area contributed by atoms with Gasteiger partial charge in [-0.3, -0.25) is 4.99 Å². The molecule has 2 aromatic rings. The lowest BCUT2D eigenvalue weighted by Crippen LogP contribution is -2.43. The van der Waals surface area contributed by atoms with Crippen molar-refractivity contribution in [1.29, 1.82) is 0 Å². The van der Waals surface area contributed by atoms with E-state index in [1.54, 1.807) is 14.2 Å². The molecule has 0 fully saturated rings. The number of anilines is 1. The Kier molecular flexibility index (Phi) is 6.12. The van der Waals surface area contributed by atoms with Crippen molar-refractivity contribution in [1.82, 2.24) is 10.2 Å². The Balaban J connectivity index is 1.39. The molecule has 0 saturated carbocycles. The number of fused-ring (bicyclic) bond motifs is 1. The number of methoxy groups -OCH3 is 2. The lowest BCUT2D eigenvalue weighted by molar-refractivity contribution is 0.346. The van der Waals surface area contributed by atoms with Crippen molar-refractivity contribution in [3.8, 4) is 11.5 Å². The van der Waals surface area contributed by atoms with Crippen molar-refractivity contribution in [3.63, 3.8) is 0 Å². The van der Waals surface area contributed by atoms with Gasteiger partial charge < -0.3 is 24.6 Å². The van der Waals surface area contributed by atoms with Crippen molar-refractivity contribution in [3.05, 3.63) is 65.2 Å². The Morgan fingerprint density at radius 1 is 1.00 bits per heavy atom. The minimum absolute atomic E-state index is 0.750. The summed E-state index contributed by atoms with van der Waals surface area (Å²) < 4.78 is 10.9. The van der Waals surface area contributed by atoms with E-state index in [2.05, 4.69) is 68.7 Å². The highest BCUT2D eigenvalue weighted by atomic mass is 16.5. The van der Waals surface area contributed by atoms with E-state index in [1.165, 1.54) is 22.4 Å². The van der Waals surface area contributed by atoms with Gasteiger partial charge >= 0.3 is 0 Å². The molecule has 2 heterocycles. The molecule has 2 aliphatic rings. The number of ether oxygens (including phenoxy) is 2. The molecule has 4 rings (SSSR count). The van der Waals surface area contributed by atoms with Crippen LogP contribution in [0, 0.1) is 0 Å². The average Bonchev–Trinajstić information content (AvgIpc) is 3.34. The minimum Gasteiger partial charge on any atom is -0.493 e. The summed E-state index contributed by atoms with van der Waals surface area (Å²) in [6.45, 7) is 4.47. The maximum Gasteiger partial charge on any atom is 0.194 e. The highest BCUT2D eigenvalue weighted by Gasteiger charge is 2.21. The van der Waals surface area contributed by atoms with Gasteiger partial charge in [-0.05, 0) is 47.4 Å². The lowest BCUT2D eigenvalue weighted by Gasteiger charge is -2.32. The molecule has 0 amide bonds. The lowest BCUT2D eigenvalue weighted by atomic mass is 9.99. The quantitative estimate of drug-likeness (QED) is 0.469. The first-order chi connectivity index (χ1) is 14.7. The zero-order chi connectivity index (χ0) is 20.9. The monoisotopic (exact) mass is 406 g/mol. The number of guanidine groups is 1. The number of hydrogen-bond donors (Lipinski definition) is 1. The first-order valence-electron chi connectivity index (χ1n) is 10.4. The van der Waals surface area contributed by atoms with Gasteiger partial charge in [0.05, 0.1) is 14.2 Å². The van der Waals surface area contributed by atoms with Crippen LogP contribution < -0.4 is 19.7 Å². The van der Waals surface area contributed by atoms with E-state index in [0.717, 1.165) is 56.6 Å². The molecule has 0 saturated heterocycles. The van der Waals surface area contributed by atoms with Crippen LogP contribution in [-0.2, 0) is 19.5 Å². The van der Waals surface area contributed by atoms with Gasteiger partial charge in [0.1, 0.15) is 0 Å². The minimum atomic E-state index is 0.750. The molecule has 0 unspecified atom stereocenters. The second-order valence-corrected chi connectivity index (χ2v) is 7.59. The molecule has 30 heavy (non-hydrogen) atoms. The molecule has 0 atom stereocenters. The van der Waals surface area contributed by atoms with E-state index in [-0.39, 0.29) is 0 Å². The fourth-order valence-electron chi connectivity index (χ4n) is 4.09. The van der Waals surface area contributed by atoms with E-state index in [4.69, 9.17) is 9.47 Å². The average molecular weight is 407 g/mol. The molecule has 1 N–H and O–H groups in total. The zero-order valence-corrected chi connectivity index (χ0v) is 18.0. The molecular weight excluding hydrogens is 376 g/mol. The van der Waals surface area contributed by atoms with Crippen LogP contribution >= 0.6 is 0 Å². The zero-order valence-electron chi connectivity index (χ0n) is 18.0. The van der Waals surface area contributed by atoms with Gasteiger partial charge in [0.15, 0.2) is 17.5 Å². The largest absolute Gasteiger partial charge is 0.493 e. The third kappa shape index (κ3) is 4.22. The summed E-state index contributed by atoms with van der Waals surface area (Å²) in [6, 6.07) is 13.0. The third-order valence-electron chi connectivity index (χ3n) is 5.80. The van der Waals surface area contributed by atoms with Crippen molar-refractivity contribution in [2.24, 2.45) is 4.99 Å². The molecule has 0 spiro atoms. The summed E-state index contributed by atoms with van der Waals surface area (Å²) in [5.74, 6) is 2.48. The Morgan fingerprint density at radius 3 is 2.30 bits per heavy atom. The number of nitrogens with one attached hydrogen (secondary N) is 1. The van der Waals surface area contributed by atoms with Crippen molar-refractivity contribution in [2.45, 2.75) is 19.5 Å². The van der Waals surface area contributed by atoms with Crippen molar-refractivity contribution in [2.75, 3.05) is 45.8 Å². The van der Waals surface area contributed by atoms with Gasteiger partial charge in [0.25, 0.3) is 0 Å². The van der Waals surface area contributed by atoms with Crippen LogP contribution in [0.5, 0.6) is 11.5 Å². The third-order valence-corrected chi connectivity index (χ3v) is 5.80. The number of aliphatic imine (C=N–C) groups is 1. The van der Waals surface area contributed by atoms with Crippen LogP contribution in [0.25, 0.3) is 0 Å². The van der Waals surface area contributed by atoms with Crippen molar-refractivity contribution < 1.29 is 9.47 Å². The van der Waals surface area contributed by atoms with Gasteiger partial charge in [-0.1, -0.05) is 24.3 Å². The number of hydrogen-bond acceptors (Lipinski definition) is 4. The number of rotatable bonds is 5. The molecule has 6 heteroatoms. The highest BCUT2D eigenvalue weighted by molar-refractivity contribution is 5.80. The topological polar surface area (TPSA) is 49.3 Å². The second-order valence-electron chi connectivity index (χ2n) is 7.59. The van der Waals surface area contributed by atoms with Crippen molar-refractivity contribution >= 4 is 11.6 Å². The van der Waals surface area contributed by atoms with E-state index in [9.17, 15) is 0 Å². The summed E-state index contributed by atoms with van der Waals surface area (Å²) in [5.41, 5.74) is 5.08. The highest BCUT2D eigenvalue weighted by Crippen LogP contribution is 2.33. The van der Waals surface area contributed by atoms with Crippen LogP contribution in [0.15, 0.2) is 53.5 Å². The summed E-state index contributed by atoms with van der Waals surface area (Å²) in [6.07, 6.45) is 5.37. The normalized spacial score (nSPS) is 15.9. The summed E-state index contributed by atoms with van der Waals surface area (Å²) >= 11 is 0. The predicted octanol–water partition coefficient (Wildman–Crippen LogP) is 3.21. The Morgan fingerprint density at radius 2 is 1.67 bits per heavy atom. The summed E-state index contributed by atoms with van der Waals surface area (Å²) in [7, 11) is 5.20. The van der Waals surface area contributed by atoms with E-state index in [1.807, 2.05) is 7.05 Å². The van der Waals surface area contributed by atoms with Gasteiger partial charge in [-0.15, -0.1) is 0 Å². The van der Waals surface area contributed by atoms with Gasteiger partial charge in [0.2, 0.25) is 0 Å². The van der Waals surface area contributed by atoms with Crippen LogP contribution in [0.3, 0.4) is 0 Å². The first kappa shape index (κ1) is 20.1. The molecule has 0 radical (unpaired) electrons. The fraction of sp³-hybridized carbons (Fsp3) is 0.375. The van der Waals surface area contributed by atoms with Gasteiger partial charge in [-0.2, -0.15) is 0 Å². The van der Waals surface area contributed by atoms with Gasteiger partial charge in [0, 0.05) is 45.5 Å². The Labute approximate surface area is 178 Å². The Bertz CT molecular complexity index is 929. The van der Waals surface area contributed by atoms with E-state index >= 15 is 0 Å². The molecule has 0 aliphatic carbocycles. The molecule has 2 aliphatic heterocycles. The molecule has 0 aromatic heterocycles. The maximum absolute atomic E-state index is 5.48. The van der Waals surface area contributed by atoms with E-state index in [0.29, 0.717) is 0 Å². The molecule has 2 aromatic carbocycles. The molecular formula is C24H30N4O2. The smallest absolute Gasteiger partial charge is 0.194 e. The molecule has 6 nitrogen and oxygen atoms in total. The van der Waals surface area contributed by atoms with E-state index < -0.39 is 0 Å². The SMILES string of the molecule is CN=C(NCc1ccc(N2CC=CC2)cc1)N1CCc2cc(OC)c(OC)cc2C1. The summed E-state index contributed by atoms with van der Waals surface area (Å²) in [5, 5.41) is 3.52.